The molecule has 0 atom stereocenters. The molecule has 2 aromatic rings. The van der Waals surface area contributed by atoms with Gasteiger partial charge in [0.1, 0.15) is 5.75 Å². The van der Waals surface area contributed by atoms with E-state index in [-0.39, 0.29) is 9.92 Å². The van der Waals surface area contributed by atoms with E-state index in [2.05, 4.69) is 37.2 Å². The summed E-state index contributed by atoms with van der Waals surface area (Å²) in [5.41, 5.74) is 1.73. The van der Waals surface area contributed by atoms with Crippen LogP contribution in [0, 0.1) is 10.1 Å². The maximum atomic E-state index is 10.6. The van der Waals surface area contributed by atoms with Crippen LogP contribution < -0.4 is 10.1 Å². The van der Waals surface area contributed by atoms with Crippen molar-refractivity contribution in [1.82, 2.24) is 0 Å². The molecule has 0 fully saturated rings. The highest BCUT2D eigenvalue weighted by Crippen LogP contribution is 2.35. The lowest BCUT2D eigenvalue weighted by Crippen LogP contribution is -1.99. The van der Waals surface area contributed by atoms with Gasteiger partial charge in [-0.15, -0.1) is 0 Å². The predicted molar refractivity (Wildman–Crippen MR) is 86.7 cm³/mol. The van der Waals surface area contributed by atoms with Gasteiger partial charge in [-0.2, -0.15) is 0 Å². The van der Waals surface area contributed by atoms with Gasteiger partial charge in [0, 0.05) is 28.5 Å². The summed E-state index contributed by atoms with van der Waals surface area (Å²) < 4.78 is 6.97. The van der Waals surface area contributed by atoms with Crippen LogP contribution >= 0.6 is 43.2 Å². The zero-order chi connectivity index (χ0) is 14.7. The maximum Gasteiger partial charge on any atom is 0.324 e. The van der Waals surface area contributed by atoms with Crippen LogP contribution in [0.4, 0.5) is 10.7 Å². The number of hydrogen-bond donors (Lipinski definition) is 1. The molecule has 0 aliphatic rings. The summed E-state index contributed by atoms with van der Waals surface area (Å²) in [6.45, 7) is 0.508. The van der Waals surface area contributed by atoms with Gasteiger partial charge in [0.2, 0.25) is 0 Å². The molecule has 0 amide bonds. The standard InChI is InChI=1S/C12H10Br2N2O3S/c1-19-11-4-10(8(13)3-9(11)14)15-5-7-2-12(16(17)18)20-6-7/h2-4,6,15H,5H2,1H3. The Kier molecular flexibility index (Phi) is 5.00. The number of rotatable bonds is 5. The molecule has 0 saturated heterocycles. The lowest BCUT2D eigenvalue weighted by molar-refractivity contribution is -0.380. The highest BCUT2D eigenvalue weighted by Gasteiger charge is 2.11. The predicted octanol–water partition coefficient (Wildman–Crippen LogP) is 4.80. The summed E-state index contributed by atoms with van der Waals surface area (Å²) >= 11 is 7.98. The number of thiophene rings is 1. The number of benzene rings is 1. The minimum atomic E-state index is -0.382. The van der Waals surface area contributed by atoms with E-state index in [1.54, 1.807) is 18.6 Å². The molecule has 106 valence electrons. The van der Waals surface area contributed by atoms with Gasteiger partial charge in [-0.05, 0) is 43.5 Å². The molecule has 0 saturated carbocycles. The third-order valence-electron chi connectivity index (χ3n) is 2.54. The molecular formula is C12H10Br2N2O3S. The van der Waals surface area contributed by atoms with Gasteiger partial charge in [-0.3, -0.25) is 10.1 Å². The highest BCUT2D eigenvalue weighted by molar-refractivity contribution is 9.11. The van der Waals surface area contributed by atoms with Crippen molar-refractivity contribution in [3.8, 4) is 5.75 Å². The fraction of sp³-hybridized carbons (Fsp3) is 0.167. The third-order valence-corrected chi connectivity index (χ3v) is 4.75. The number of nitro groups is 1. The van der Waals surface area contributed by atoms with Crippen LogP contribution in [0.5, 0.6) is 5.75 Å². The van der Waals surface area contributed by atoms with E-state index >= 15 is 0 Å². The summed E-state index contributed by atoms with van der Waals surface area (Å²) in [5.74, 6) is 0.715. The second kappa shape index (κ2) is 6.55. The van der Waals surface area contributed by atoms with Crippen molar-refractivity contribution < 1.29 is 9.66 Å². The fourth-order valence-electron chi connectivity index (χ4n) is 1.57. The summed E-state index contributed by atoms with van der Waals surface area (Å²) in [6.07, 6.45) is 0. The second-order valence-electron chi connectivity index (χ2n) is 3.87. The summed E-state index contributed by atoms with van der Waals surface area (Å²) in [4.78, 5) is 10.2. The van der Waals surface area contributed by atoms with E-state index in [1.807, 2.05) is 12.1 Å². The van der Waals surface area contributed by atoms with Gasteiger partial charge in [0.25, 0.3) is 0 Å². The van der Waals surface area contributed by atoms with Crippen LogP contribution in [-0.4, -0.2) is 12.0 Å². The van der Waals surface area contributed by atoms with Crippen LogP contribution in [0.25, 0.3) is 0 Å². The molecular weight excluding hydrogens is 412 g/mol. The number of methoxy groups -OCH3 is 1. The molecule has 0 unspecified atom stereocenters. The zero-order valence-electron chi connectivity index (χ0n) is 10.4. The third kappa shape index (κ3) is 3.50. The van der Waals surface area contributed by atoms with Gasteiger partial charge >= 0.3 is 5.00 Å². The van der Waals surface area contributed by atoms with Crippen LogP contribution in [0.1, 0.15) is 5.56 Å². The van der Waals surface area contributed by atoms with Gasteiger partial charge in [0.05, 0.1) is 22.2 Å². The van der Waals surface area contributed by atoms with Crippen molar-refractivity contribution >= 4 is 53.9 Å². The van der Waals surface area contributed by atoms with Gasteiger partial charge in [-0.1, -0.05) is 11.3 Å². The lowest BCUT2D eigenvalue weighted by Gasteiger charge is -2.11. The van der Waals surface area contributed by atoms with Crippen LogP contribution in [0.2, 0.25) is 0 Å². The molecule has 1 heterocycles. The Morgan fingerprint density at radius 3 is 2.70 bits per heavy atom. The van der Waals surface area contributed by atoms with Crippen molar-refractivity contribution in [2.75, 3.05) is 12.4 Å². The Labute approximate surface area is 136 Å². The minimum absolute atomic E-state index is 0.147. The van der Waals surface area contributed by atoms with Crippen LogP contribution in [0.15, 0.2) is 32.5 Å². The first-order valence-electron chi connectivity index (χ1n) is 5.50. The normalized spacial score (nSPS) is 10.3. The van der Waals surface area contributed by atoms with Crippen molar-refractivity contribution in [3.05, 3.63) is 48.2 Å². The van der Waals surface area contributed by atoms with E-state index in [0.717, 1.165) is 31.5 Å². The SMILES string of the molecule is COc1cc(NCc2csc([N+](=O)[O-])c2)c(Br)cc1Br. The van der Waals surface area contributed by atoms with Crippen molar-refractivity contribution in [2.45, 2.75) is 6.54 Å². The van der Waals surface area contributed by atoms with Crippen molar-refractivity contribution in [1.29, 1.82) is 0 Å². The molecule has 1 aromatic carbocycles. The van der Waals surface area contributed by atoms with Crippen molar-refractivity contribution in [2.24, 2.45) is 0 Å². The Balaban J connectivity index is 2.12. The first kappa shape index (κ1) is 15.3. The van der Waals surface area contributed by atoms with E-state index in [0.29, 0.717) is 12.3 Å². The molecule has 0 radical (unpaired) electrons. The number of nitrogens with one attached hydrogen (secondary N) is 1. The first-order valence-corrected chi connectivity index (χ1v) is 7.96. The van der Waals surface area contributed by atoms with Gasteiger partial charge in [-0.25, -0.2) is 0 Å². The molecule has 0 aliphatic carbocycles. The van der Waals surface area contributed by atoms with Gasteiger partial charge in [0.15, 0.2) is 0 Å². The van der Waals surface area contributed by atoms with Crippen LogP contribution in [0.3, 0.4) is 0 Å². The zero-order valence-corrected chi connectivity index (χ0v) is 14.3. The Bertz CT molecular complexity index is 646. The quantitative estimate of drug-likeness (QED) is 0.556. The van der Waals surface area contributed by atoms with E-state index in [1.165, 1.54) is 0 Å². The second-order valence-corrected chi connectivity index (χ2v) is 6.47. The monoisotopic (exact) mass is 420 g/mol. The molecule has 0 bridgehead atoms. The van der Waals surface area contributed by atoms with E-state index in [4.69, 9.17) is 4.74 Å². The highest BCUT2D eigenvalue weighted by atomic mass is 79.9. The molecule has 1 N–H and O–H groups in total. The summed E-state index contributed by atoms with van der Waals surface area (Å²) in [5, 5.41) is 15.8. The number of halogens is 2. The van der Waals surface area contributed by atoms with E-state index in [9.17, 15) is 10.1 Å². The lowest BCUT2D eigenvalue weighted by atomic mass is 10.2. The average molecular weight is 422 g/mol. The van der Waals surface area contributed by atoms with Gasteiger partial charge < -0.3 is 10.1 Å². The molecule has 0 spiro atoms. The maximum absolute atomic E-state index is 10.6. The topological polar surface area (TPSA) is 64.4 Å². The van der Waals surface area contributed by atoms with Crippen molar-refractivity contribution in [3.63, 3.8) is 0 Å². The Morgan fingerprint density at radius 2 is 2.10 bits per heavy atom. The number of hydrogen-bond acceptors (Lipinski definition) is 5. The smallest absolute Gasteiger partial charge is 0.324 e. The Morgan fingerprint density at radius 1 is 1.35 bits per heavy atom. The molecule has 5 nitrogen and oxygen atoms in total. The summed E-state index contributed by atoms with van der Waals surface area (Å²) in [7, 11) is 1.60. The fourth-order valence-corrected chi connectivity index (χ4v) is 3.59. The Hall–Kier alpha value is -1.12. The van der Waals surface area contributed by atoms with Crippen LogP contribution in [-0.2, 0) is 6.54 Å². The molecule has 2 rings (SSSR count). The molecule has 8 heteroatoms. The molecule has 0 aliphatic heterocycles. The summed E-state index contributed by atoms with van der Waals surface area (Å²) in [6, 6.07) is 5.31. The number of anilines is 1. The molecule has 1 aromatic heterocycles. The minimum Gasteiger partial charge on any atom is -0.495 e. The molecule has 20 heavy (non-hydrogen) atoms. The van der Waals surface area contributed by atoms with E-state index < -0.39 is 0 Å². The number of nitrogens with zero attached hydrogens (tertiary/aromatic N) is 1. The largest absolute Gasteiger partial charge is 0.495 e. The number of ether oxygens (including phenoxy) is 1. The first-order chi connectivity index (χ1) is 9.51. The average Bonchev–Trinajstić information content (AvgIpc) is 2.87.